The van der Waals surface area contributed by atoms with E-state index in [4.69, 9.17) is 4.74 Å². The smallest absolute Gasteiger partial charge is 0.279 e. The summed E-state index contributed by atoms with van der Waals surface area (Å²) in [6.45, 7) is 7.74. The molecular weight excluding hydrogens is 278 g/mol. The Kier molecular flexibility index (Phi) is 5.80. The lowest BCUT2D eigenvalue weighted by molar-refractivity contribution is 0.0720. The van der Waals surface area contributed by atoms with Gasteiger partial charge in [-0.1, -0.05) is 6.42 Å². The van der Waals surface area contributed by atoms with Crippen LogP contribution in [0.1, 0.15) is 33.1 Å². The number of nitrogens with zero attached hydrogens (tertiary/aromatic N) is 2. The fraction of sp³-hybridized carbons (Fsp3) is 1.00. The van der Waals surface area contributed by atoms with Crippen molar-refractivity contribution in [2.45, 2.75) is 45.2 Å². The summed E-state index contributed by atoms with van der Waals surface area (Å²) in [6, 6.07) is 0.785. The van der Waals surface area contributed by atoms with Crippen LogP contribution in [0.4, 0.5) is 0 Å². The number of nitrogens with one attached hydrogen (secondary N) is 1. The lowest BCUT2D eigenvalue weighted by Crippen LogP contribution is -2.52. The molecule has 0 aliphatic carbocycles. The molecule has 7 heteroatoms. The molecule has 2 rings (SSSR count). The number of hydrogen-bond donors (Lipinski definition) is 1. The van der Waals surface area contributed by atoms with Gasteiger partial charge >= 0.3 is 0 Å². The summed E-state index contributed by atoms with van der Waals surface area (Å²) in [4.78, 5) is 2.41. The molecular formula is C13H27N3O3S. The minimum atomic E-state index is -3.36. The van der Waals surface area contributed by atoms with E-state index >= 15 is 0 Å². The molecule has 0 spiro atoms. The summed E-state index contributed by atoms with van der Waals surface area (Å²) in [7, 11) is -3.36. The first kappa shape index (κ1) is 16.2. The molecule has 1 N–H and O–H groups in total. The Morgan fingerprint density at radius 1 is 1.25 bits per heavy atom. The van der Waals surface area contributed by atoms with Crippen LogP contribution in [0.2, 0.25) is 0 Å². The number of likely N-dealkylation sites (tertiary alicyclic amines) is 1. The first-order chi connectivity index (χ1) is 9.50. The van der Waals surface area contributed by atoms with Gasteiger partial charge in [-0.2, -0.15) is 12.7 Å². The van der Waals surface area contributed by atoms with E-state index < -0.39 is 10.2 Å². The van der Waals surface area contributed by atoms with Gasteiger partial charge in [0.05, 0.1) is 13.2 Å². The summed E-state index contributed by atoms with van der Waals surface area (Å²) in [5.41, 5.74) is 0. The van der Waals surface area contributed by atoms with Gasteiger partial charge < -0.3 is 4.74 Å². The first-order valence-electron chi connectivity index (χ1n) is 7.59. The average molecular weight is 305 g/mol. The number of ether oxygens (including phenoxy) is 1. The zero-order valence-electron chi connectivity index (χ0n) is 12.5. The fourth-order valence-electron chi connectivity index (χ4n) is 3.00. The second-order valence-electron chi connectivity index (χ2n) is 5.80. The molecule has 6 nitrogen and oxygen atoms in total. The number of morpholine rings is 1. The SMILES string of the molecule is C[C@H]1CCCCN1[C@@H](C)CNS(=O)(=O)N1CCOCC1. The molecule has 2 heterocycles. The van der Waals surface area contributed by atoms with Gasteiger partial charge in [0.15, 0.2) is 0 Å². The van der Waals surface area contributed by atoms with Crippen LogP contribution in [0.3, 0.4) is 0 Å². The Morgan fingerprint density at radius 2 is 1.95 bits per heavy atom. The second-order valence-corrected chi connectivity index (χ2v) is 7.55. The van der Waals surface area contributed by atoms with E-state index in [1.807, 2.05) is 0 Å². The standard InChI is InChI=1S/C13H27N3O3S/c1-12-5-3-4-6-16(12)13(2)11-14-20(17,18)15-7-9-19-10-8-15/h12-14H,3-11H2,1-2H3/t12-,13-/m0/s1. The minimum absolute atomic E-state index is 0.237. The van der Waals surface area contributed by atoms with Gasteiger partial charge in [-0.05, 0) is 33.2 Å². The highest BCUT2D eigenvalue weighted by atomic mass is 32.2. The molecule has 2 fully saturated rings. The summed E-state index contributed by atoms with van der Waals surface area (Å²) in [5, 5.41) is 0. The Hall–Kier alpha value is -0.210. The molecule has 2 atom stereocenters. The predicted molar refractivity (Wildman–Crippen MR) is 78.8 cm³/mol. The van der Waals surface area contributed by atoms with Crippen molar-refractivity contribution in [3.63, 3.8) is 0 Å². The monoisotopic (exact) mass is 305 g/mol. The highest BCUT2D eigenvalue weighted by Crippen LogP contribution is 2.18. The van der Waals surface area contributed by atoms with E-state index in [9.17, 15) is 8.42 Å². The maximum Gasteiger partial charge on any atom is 0.279 e. The van der Waals surface area contributed by atoms with Crippen LogP contribution in [0, 0.1) is 0 Å². The quantitative estimate of drug-likeness (QED) is 0.799. The van der Waals surface area contributed by atoms with Gasteiger partial charge in [-0.25, -0.2) is 4.72 Å². The van der Waals surface area contributed by atoms with E-state index in [-0.39, 0.29) is 6.04 Å². The third kappa shape index (κ3) is 4.14. The van der Waals surface area contributed by atoms with Crippen molar-refractivity contribution in [1.82, 2.24) is 13.9 Å². The number of hydrogen-bond acceptors (Lipinski definition) is 4. The molecule has 0 unspecified atom stereocenters. The Labute approximate surface area is 122 Å². The van der Waals surface area contributed by atoms with Crippen molar-refractivity contribution in [3.8, 4) is 0 Å². The molecule has 2 aliphatic rings. The third-order valence-electron chi connectivity index (χ3n) is 4.29. The van der Waals surface area contributed by atoms with Gasteiger partial charge in [0, 0.05) is 31.7 Å². The van der Waals surface area contributed by atoms with E-state index in [2.05, 4.69) is 23.5 Å². The van der Waals surface area contributed by atoms with Crippen molar-refractivity contribution in [2.75, 3.05) is 39.4 Å². The first-order valence-corrected chi connectivity index (χ1v) is 9.03. The summed E-state index contributed by atoms with van der Waals surface area (Å²) in [5.74, 6) is 0. The van der Waals surface area contributed by atoms with E-state index in [1.165, 1.54) is 23.6 Å². The molecule has 0 aromatic rings. The topological polar surface area (TPSA) is 61.9 Å². The zero-order valence-corrected chi connectivity index (χ0v) is 13.4. The normalized spacial score (nSPS) is 28.4. The molecule has 2 saturated heterocycles. The lowest BCUT2D eigenvalue weighted by Gasteiger charge is -2.38. The molecule has 0 amide bonds. The summed E-state index contributed by atoms with van der Waals surface area (Å²) < 4.78 is 33.8. The van der Waals surface area contributed by atoms with Crippen molar-refractivity contribution < 1.29 is 13.2 Å². The van der Waals surface area contributed by atoms with Crippen LogP contribution >= 0.6 is 0 Å². The molecule has 2 aliphatic heterocycles. The molecule has 118 valence electrons. The van der Waals surface area contributed by atoms with Gasteiger partial charge in [-0.15, -0.1) is 0 Å². The number of piperidine rings is 1. The predicted octanol–water partition coefficient (Wildman–Crippen LogP) is 0.416. The Morgan fingerprint density at radius 3 is 2.60 bits per heavy atom. The highest BCUT2D eigenvalue weighted by Gasteiger charge is 2.27. The maximum absolute atomic E-state index is 12.2. The molecule has 0 bridgehead atoms. The summed E-state index contributed by atoms with van der Waals surface area (Å²) >= 11 is 0. The average Bonchev–Trinajstić information content (AvgIpc) is 2.46. The van der Waals surface area contributed by atoms with E-state index in [0.717, 1.165) is 6.54 Å². The Bertz CT molecular complexity index is 396. The Balaban J connectivity index is 1.83. The van der Waals surface area contributed by atoms with Crippen molar-refractivity contribution >= 4 is 10.2 Å². The van der Waals surface area contributed by atoms with Gasteiger partial charge in [-0.3, -0.25) is 4.90 Å². The van der Waals surface area contributed by atoms with Crippen molar-refractivity contribution in [2.24, 2.45) is 0 Å². The molecule has 0 saturated carbocycles. The van der Waals surface area contributed by atoms with Crippen LogP contribution in [0.5, 0.6) is 0 Å². The second kappa shape index (κ2) is 7.17. The third-order valence-corrected chi connectivity index (χ3v) is 5.87. The van der Waals surface area contributed by atoms with Crippen LogP contribution in [0.25, 0.3) is 0 Å². The van der Waals surface area contributed by atoms with E-state index in [1.54, 1.807) is 0 Å². The van der Waals surface area contributed by atoms with Crippen LogP contribution < -0.4 is 4.72 Å². The molecule has 20 heavy (non-hydrogen) atoms. The highest BCUT2D eigenvalue weighted by molar-refractivity contribution is 7.87. The lowest BCUT2D eigenvalue weighted by atomic mass is 10.0. The van der Waals surface area contributed by atoms with Crippen LogP contribution in [0.15, 0.2) is 0 Å². The van der Waals surface area contributed by atoms with Gasteiger partial charge in [0.1, 0.15) is 0 Å². The van der Waals surface area contributed by atoms with Crippen molar-refractivity contribution in [3.05, 3.63) is 0 Å². The van der Waals surface area contributed by atoms with Crippen LogP contribution in [-0.2, 0) is 14.9 Å². The minimum Gasteiger partial charge on any atom is -0.379 e. The molecule has 0 aromatic carbocycles. The van der Waals surface area contributed by atoms with E-state index in [0.29, 0.717) is 38.9 Å². The van der Waals surface area contributed by atoms with Gasteiger partial charge in [0.25, 0.3) is 10.2 Å². The largest absolute Gasteiger partial charge is 0.379 e. The van der Waals surface area contributed by atoms with Crippen molar-refractivity contribution in [1.29, 1.82) is 0 Å². The maximum atomic E-state index is 12.2. The molecule has 0 aromatic heterocycles. The summed E-state index contributed by atoms with van der Waals surface area (Å²) in [6.07, 6.45) is 3.70. The zero-order chi connectivity index (χ0) is 14.6. The van der Waals surface area contributed by atoms with Gasteiger partial charge in [0.2, 0.25) is 0 Å². The van der Waals surface area contributed by atoms with Crippen LogP contribution in [-0.4, -0.2) is 69.1 Å². The molecule has 0 radical (unpaired) electrons. The number of rotatable bonds is 5. The fourth-order valence-corrected chi connectivity index (χ4v) is 4.26.